The average molecular weight is 451 g/mol. The lowest BCUT2D eigenvalue weighted by Gasteiger charge is -2.08. The van der Waals surface area contributed by atoms with Gasteiger partial charge in [-0.2, -0.15) is 0 Å². The molecule has 0 amide bonds. The van der Waals surface area contributed by atoms with E-state index in [1.165, 1.54) is 36.4 Å². The van der Waals surface area contributed by atoms with Crippen LogP contribution in [0.3, 0.4) is 0 Å². The first-order chi connectivity index (χ1) is 16.6. The van der Waals surface area contributed by atoms with Crippen LogP contribution in [-0.4, -0.2) is 5.78 Å². The standard InChI is InChI=1S/C29H19F2NO2/c30-23-12-6-21(7-13-23)27-18-26(29(34-27)28(33)22-8-14-24(31)15-9-22)32-25-16-10-20(11-17-25)19-4-2-1-3-5-19/h1-18,32H. The van der Waals surface area contributed by atoms with Crippen molar-refractivity contribution >= 4 is 17.2 Å². The third-order valence-electron chi connectivity index (χ3n) is 5.44. The molecule has 0 bridgehead atoms. The second kappa shape index (κ2) is 9.16. The molecule has 0 radical (unpaired) electrons. The van der Waals surface area contributed by atoms with Crippen molar-refractivity contribution in [1.82, 2.24) is 0 Å². The van der Waals surface area contributed by atoms with Crippen molar-refractivity contribution in [2.24, 2.45) is 0 Å². The number of carbonyl (C=O) groups is 1. The van der Waals surface area contributed by atoms with Gasteiger partial charge in [-0.1, -0.05) is 42.5 Å². The van der Waals surface area contributed by atoms with Crippen LogP contribution >= 0.6 is 0 Å². The number of anilines is 2. The number of benzene rings is 4. The van der Waals surface area contributed by atoms with Crippen LogP contribution in [0, 0.1) is 11.6 Å². The zero-order chi connectivity index (χ0) is 23.5. The number of hydrogen-bond acceptors (Lipinski definition) is 3. The van der Waals surface area contributed by atoms with Crippen molar-refractivity contribution in [3.05, 3.63) is 132 Å². The summed E-state index contributed by atoms with van der Waals surface area (Å²) in [6.45, 7) is 0. The Morgan fingerprint density at radius 3 is 1.85 bits per heavy atom. The molecule has 5 heteroatoms. The molecular weight excluding hydrogens is 432 g/mol. The largest absolute Gasteiger partial charge is 0.450 e. The van der Waals surface area contributed by atoms with Gasteiger partial charge in [0.1, 0.15) is 17.4 Å². The van der Waals surface area contributed by atoms with Crippen LogP contribution in [0.2, 0.25) is 0 Å². The molecule has 166 valence electrons. The van der Waals surface area contributed by atoms with Gasteiger partial charge in [0, 0.05) is 22.9 Å². The molecule has 0 aliphatic carbocycles. The molecule has 1 N–H and O–H groups in total. The fraction of sp³-hybridized carbons (Fsp3) is 0. The van der Waals surface area contributed by atoms with Crippen LogP contribution in [0.15, 0.2) is 114 Å². The summed E-state index contributed by atoms with van der Waals surface area (Å²) < 4.78 is 32.7. The maximum Gasteiger partial charge on any atom is 0.230 e. The highest BCUT2D eigenvalue weighted by molar-refractivity contribution is 6.11. The molecule has 5 rings (SSSR count). The molecule has 1 heterocycles. The molecule has 0 spiro atoms. The molecule has 0 atom stereocenters. The zero-order valence-corrected chi connectivity index (χ0v) is 18.0. The first-order valence-electron chi connectivity index (χ1n) is 10.7. The molecule has 0 unspecified atom stereocenters. The lowest BCUT2D eigenvalue weighted by atomic mass is 10.1. The smallest absolute Gasteiger partial charge is 0.230 e. The zero-order valence-electron chi connectivity index (χ0n) is 18.0. The van der Waals surface area contributed by atoms with E-state index in [9.17, 15) is 13.6 Å². The fourth-order valence-corrected chi connectivity index (χ4v) is 3.67. The summed E-state index contributed by atoms with van der Waals surface area (Å²) in [5.74, 6) is -0.696. The monoisotopic (exact) mass is 451 g/mol. The third-order valence-corrected chi connectivity index (χ3v) is 5.44. The van der Waals surface area contributed by atoms with Crippen molar-refractivity contribution in [2.45, 2.75) is 0 Å². The van der Waals surface area contributed by atoms with E-state index in [0.29, 0.717) is 22.6 Å². The van der Waals surface area contributed by atoms with Crippen LogP contribution in [0.5, 0.6) is 0 Å². The second-order valence-corrected chi connectivity index (χ2v) is 7.76. The fourth-order valence-electron chi connectivity index (χ4n) is 3.67. The Morgan fingerprint density at radius 1 is 0.647 bits per heavy atom. The predicted octanol–water partition coefficient (Wildman–Crippen LogP) is 7.87. The van der Waals surface area contributed by atoms with Crippen molar-refractivity contribution in [3.8, 4) is 22.5 Å². The van der Waals surface area contributed by atoms with E-state index in [2.05, 4.69) is 5.32 Å². The molecule has 5 aromatic rings. The van der Waals surface area contributed by atoms with Gasteiger partial charge in [-0.3, -0.25) is 4.79 Å². The van der Waals surface area contributed by atoms with E-state index in [4.69, 9.17) is 4.42 Å². The molecule has 4 aromatic carbocycles. The Bertz CT molecular complexity index is 1420. The minimum absolute atomic E-state index is 0.0815. The summed E-state index contributed by atoms with van der Waals surface area (Å²) >= 11 is 0. The Balaban J connectivity index is 1.50. The van der Waals surface area contributed by atoms with Gasteiger partial charge in [0.05, 0.1) is 5.69 Å². The van der Waals surface area contributed by atoms with Gasteiger partial charge in [-0.05, 0) is 71.8 Å². The average Bonchev–Trinajstić information content (AvgIpc) is 3.29. The maximum absolute atomic E-state index is 13.4. The maximum atomic E-state index is 13.4. The molecule has 34 heavy (non-hydrogen) atoms. The summed E-state index contributed by atoms with van der Waals surface area (Å²) in [4.78, 5) is 13.2. The van der Waals surface area contributed by atoms with Crippen LogP contribution in [0.1, 0.15) is 16.1 Å². The van der Waals surface area contributed by atoms with Gasteiger partial charge in [0.2, 0.25) is 5.78 Å². The van der Waals surface area contributed by atoms with Crippen LogP contribution in [0.25, 0.3) is 22.5 Å². The Hall–Kier alpha value is -4.51. The van der Waals surface area contributed by atoms with Crippen LogP contribution in [-0.2, 0) is 0 Å². The number of hydrogen-bond donors (Lipinski definition) is 1. The Kier molecular flexibility index (Phi) is 5.75. The summed E-state index contributed by atoms with van der Waals surface area (Å²) in [7, 11) is 0. The number of ketones is 1. The third kappa shape index (κ3) is 4.50. The summed E-state index contributed by atoms with van der Waals surface area (Å²) in [5.41, 5.74) is 4.31. The first-order valence-corrected chi connectivity index (χ1v) is 10.7. The van der Waals surface area contributed by atoms with Crippen molar-refractivity contribution in [1.29, 1.82) is 0 Å². The van der Waals surface area contributed by atoms with Gasteiger partial charge < -0.3 is 9.73 Å². The van der Waals surface area contributed by atoms with E-state index < -0.39 is 11.6 Å². The minimum atomic E-state index is -0.431. The van der Waals surface area contributed by atoms with Gasteiger partial charge >= 0.3 is 0 Å². The van der Waals surface area contributed by atoms with E-state index in [-0.39, 0.29) is 11.6 Å². The molecule has 0 aliphatic heterocycles. The summed E-state index contributed by atoms with van der Waals surface area (Å²) in [6.07, 6.45) is 0. The lowest BCUT2D eigenvalue weighted by molar-refractivity contribution is 0.101. The van der Waals surface area contributed by atoms with Gasteiger partial charge in [-0.25, -0.2) is 8.78 Å². The predicted molar refractivity (Wildman–Crippen MR) is 129 cm³/mol. The van der Waals surface area contributed by atoms with E-state index in [1.54, 1.807) is 18.2 Å². The SMILES string of the molecule is O=C(c1ccc(F)cc1)c1oc(-c2ccc(F)cc2)cc1Nc1ccc(-c2ccccc2)cc1. The van der Waals surface area contributed by atoms with E-state index in [0.717, 1.165) is 16.8 Å². The summed E-state index contributed by atoms with van der Waals surface area (Å²) in [5, 5.41) is 3.25. The molecule has 3 nitrogen and oxygen atoms in total. The van der Waals surface area contributed by atoms with Crippen molar-refractivity contribution < 1.29 is 18.0 Å². The van der Waals surface area contributed by atoms with Gasteiger partial charge in [0.25, 0.3) is 0 Å². The number of carbonyl (C=O) groups excluding carboxylic acids is 1. The molecule has 0 fully saturated rings. The van der Waals surface area contributed by atoms with Gasteiger partial charge in [0.15, 0.2) is 5.76 Å². The number of furan rings is 1. The number of rotatable bonds is 6. The highest BCUT2D eigenvalue weighted by atomic mass is 19.1. The molecule has 0 aliphatic rings. The van der Waals surface area contributed by atoms with Crippen LogP contribution in [0.4, 0.5) is 20.2 Å². The molecule has 0 saturated heterocycles. The van der Waals surface area contributed by atoms with E-state index >= 15 is 0 Å². The quantitative estimate of drug-likeness (QED) is 0.267. The Labute approximate surface area is 195 Å². The second-order valence-electron chi connectivity index (χ2n) is 7.76. The summed E-state index contributed by atoms with van der Waals surface area (Å²) in [6, 6.07) is 30.6. The van der Waals surface area contributed by atoms with Gasteiger partial charge in [-0.15, -0.1) is 0 Å². The Morgan fingerprint density at radius 2 is 1.21 bits per heavy atom. The van der Waals surface area contributed by atoms with Crippen LogP contribution < -0.4 is 5.32 Å². The lowest BCUT2D eigenvalue weighted by Crippen LogP contribution is -2.03. The number of halogens is 2. The minimum Gasteiger partial charge on any atom is -0.450 e. The normalized spacial score (nSPS) is 10.8. The highest BCUT2D eigenvalue weighted by Crippen LogP contribution is 2.33. The first kappa shape index (κ1) is 21.3. The topological polar surface area (TPSA) is 42.2 Å². The van der Waals surface area contributed by atoms with Crippen molar-refractivity contribution in [2.75, 3.05) is 5.32 Å². The molecule has 1 aromatic heterocycles. The number of nitrogens with one attached hydrogen (secondary N) is 1. The van der Waals surface area contributed by atoms with E-state index in [1.807, 2.05) is 54.6 Å². The molecule has 0 saturated carbocycles. The highest BCUT2D eigenvalue weighted by Gasteiger charge is 2.21. The molecular formula is C29H19F2NO2. The van der Waals surface area contributed by atoms with Crippen molar-refractivity contribution in [3.63, 3.8) is 0 Å².